The van der Waals surface area contributed by atoms with Crippen molar-refractivity contribution in [1.29, 1.82) is 0 Å². The third-order valence-corrected chi connectivity index (χ3v) is 2.39. The lowest BCUT2D eigenvalue weighted by molar-refractivity contribution is -0.137. The van der Waals surface area contributed by atoms with Gasteiger partial charge in [0.15, 0.2) is 0 Å². The fourth-order valence-corrected chi connectivity index (χ4v) is 1.63. The van der Waals surface area contributed by atoms with Crippen molar-refractivity contribution in [3.8, 4) is 0 Å². The van der Waals surface area contributed by atoms with Crippen molar-refractivity contribution < 1.29 is 23.5 Å². The van der Waals surface area contributed by atoms with Crippen LogP contribution < -0.4 is 5.32 Å². The minimum Gasteiger partial charge on any atom is -0.480 e. The van der Waals surface area contributed by atoms with E-state index in [4.69, 9.17) is 5.11 Å². The molecule has 2 N–H and O–H groups in total. The number of para-hydroxylation sites is 1. The number of carboxylic acid groups (broad SMARTS) is 1. The third kappa shape index (κ3) is 4.49. The topological polar surface area (TPSA) is 69.6 Å². The Balaban J connectivity index is 2.87. The summed E-state index contributed by atoms with van der Waals surface area (Å²) in [5.41, 5.74) is -0.586. The zero-order valence-corrected chi connectivity index (χ0v) is 11.2. The molecule has 1 aromatic rings. The Bertz CT molecular complexity index is 486. The lowest BCUT2D eigenvalue weighted by Gasteiger charge is -2.23. The van der Waals surface area contributed by atoms with Gasteiger partial charge in [0, 0.05) is 6.54 Å². The molecule has 0 aromatic heterocycles. The van der Waals surface area contributed by atoms with Gasteiger partial charge in [-0.25, -0.2) is 13.6 Å². The molecule has 0 aliphatic heterocycles. The van der Waals surface area contributed by atoms with E-state index in [0.717, 1.165) is 17.0 Å². The van der Waals surface area contributed by atoms with Gasteiger partial charge in [-0.05, 0) is 18.1 Å². The summed E-state index contributed by atoms with van der Waals surface area (Å²) in [5, 5.41) is 10.8. The second kappa shape index (κ2) is 6.83. The number of carbonyl (C=O) groups excluding carboxylic acids is 1. The number of carbonyl (C=O) groups is 2. The van der Waals surface area contributed by atoms with Crippen LogP contribution >= 0.6 is 0 Å². The van der Waals surface area contributed by atoms with Crippen molar-refractivity contribution in [2.45, 2.75) is 13.8 Å². The van der Waals surface area contributed by atoms with Gasteiger partial charge in [0.05, 0.1) is 0 Å². The molecule has 20 heavy (non-hydrogen) atoms. The summed E-state index contributed by atoms with van der Waals surface area (Å²) in [5.74, 6) is -3.02. The molecule has 7 heteroatoms. The lowest BCUT2D eigenvalue weighted by atomic mass is 10.2. The SMILES string of the molecule is CC(C)CN(CC(=O)O)C(=O)Nc1c(F)cccc1F. The number of nitrogens with zero attached hydrogens (tertiary/aromatic N) is 1. The normalized spacial score (nSPS) is 10.4. The Morgan fingerprint density at radius 2 is 1.85 bits per heavy atom. The highest BCUT2D eigenvalue weighted by molar-refractivity contribution is 5.91. The van der Waals surface area contributed by atoms with Gasteiger partial charge in [-0.3, -0.25) is 4.79 Å². The molecule has 0 aliphatic rings. The average molecular weight is 286 g/mol. The van der Waals surface area contributed by atoms with E-state index < -0.39 is 35.9 Å². The van der Waals surface area contributed by atoms with Gasteiger partial charge in [0.2, 0.25) is 0 Å². The van der Waals surface area contributed by atoms with Gasteiger partial charge in [0.25, 0.3) is 0 Å². The summed E-state index contributed by atoms with van der Waals surface area (Å²) < 4.78 is 26.8. The van der Waals surface area contributed by atoms with Crippen LogP contribution in [0.3, 0.4) is 0 Å². The van der Waals surface area contributed by atoms with E-state index in [1.165, 1.54) is 6.07 Å². The standard InChI is InChI=1S/C13H16F2N2O3/c1-8(2)6-17(7-11(18)19)13(20)16-12-9(14)4-3-5-10(12)15/h3-5,8H,6-7H2,1-2H3,(H,16,20)(H,18,19). The maximum atomic E-state index is 13.4. The van der Waals surface area contributed by atoms with Gasteiger partial charge in [-0.2, -0.15) is 0 Å². The Morgan fingerprint density at radius 3 is 2.30 bits per heavy atom. The zero-order valence-electron chi connectivity index (χ0n) is 11.2. The number of hydrogen-bond donors (Lipinski definition) is 2. The summed E-state index contributed by atoms with van der Waals surface area (Å²) >= 11 is 0. The molecule has 5 nitrogen and oxygen atoms in total. The van der Waals surface area contributed by atoms with Crippen molar-refractivity contribution in [3.05, 3.63) is 29.8 Å². The van der Waals surface area contributed by atoms with Crippen molar-refractivity contribution in [2.75, 3.05) is 18.4 Å². The van der Waals surface area contributed by atoms with Gasteiger partial charge < -0.3 is 15.3 Å². The molecule has 0 saturated carbocycles. The molecular weight excluding hydrogens is 270 g/mol. The van der Waals surface area contributed by atoms with Gasteiger partial charge >= 0.3 is 12.0 Å². The molecule has 110 valence electrons. The molecular formula is C13H16F2N2O3. The molecule has 0 atom stereocenters. The first-order chi connectivity index (χ1) is 9.31. The number of carboxylic acids is 1. The van der Waals surface area contributed by atoms with Crippen molar-refractivity contribution >= 4 is 17.7 Å². The van der Waals surface area contributed by atoms with Crippen molar-refractivity contribution in [2.24, 2.45) is 5.92 Å². The number of benzene rings is 1. The molecule has 0 fully saturated rings. The molecule has 0 heterocycles. The third-order valence-electron chi connectivity index (χ3n) is 2.39. The predicted molar refractivity (Wildman–Crippen MR) is 69.4 cm³/mol. The van der Waals surface area contributed by atoms with Crippen LogP contribution in [0, 0.1) is 17.6 Å². The number of nitrogens with one attached hydrogen (secondary N) is 1. The molecule has 0 bridgehead atoms. The zero-order chi connectivity index (χ0) is 15.3. The van der Waals surface area contributed by atoms with E-state index in [1.54, 1.807) is 13.8 Å². The minimum absolute atomic E-state index is 0.0190. The van der Waals surface area contributed by atoms with Crippen molar-refractivity contribution in [3.63, 3.8) is 0 Å². The van der Waals surface area contributed by atoms with Gasteiger partial charge in [-0.1, -0.05) is 19.9 Å². The van der Waals surface area contributed by atoms with E-state index >= 15 is 0 Å². The summed E-state index contributed by atoms with van der Waals surface area (Å²) in [6, 6.07) is 2.32. The number of halogens is 2. The second-order valence-corrected chi connectivity index (χ2v) is 4.69. The molecule has 1 rings (SSSR count). The summed E-state index contributed by atoms with van der Waals surface area (Å²) in [6.45, 7) is 3.21. The fourth-order valence-electron chi connectivity index (χ4n) is 1.63. The molecule has 0 radical (unpaired) electrons. The first-order valence-corrected chi connectivity index (χ1v) is 6.03. The van der Waals surface area contributed by atoms with Crippen LogP contribution in [0.4, 0.5) is 19.3 Å². The number of urea groups is 1. The predicted octanol–water partition coefficient (Wildman–Crippen LogP) is 2.54. The van der Waals surface area contributed by atoms with Crippen LogP contribution in [0.2, 0.25) is 0 Å². The minimum atomic E-state index is -1.20. The summed E-state index contributed by atoms with van der Waals surface area (Å²) in [7, 11) is 0. The lowest BCUT2D eigenvalue weighted by Crippen LogP contribution is -2.41. The van der Waals surface area contributed by atoms with E-state index in [2.05, 4.69) is 5.32 Å². The molecule has 2 amide bonds. The van der Waals surface area contributed by atoms with Crippen LogP contribution in [-0.4, -0.2) is 35.1 Å². The second-order valence-electron chi connectivity index (χ2n) is 4.69. The van der Waals surface area contributed by atoms with Gasteiger partial charge in [-0.15, -0.1) is 0 Å². The molecule has 0 spiro atoms. The Hall–Kier alpha value is -2.18. The highest BCUT2D eigenvalue weighted by Crippen LogP contribution is 2.18. The number of amides is 2. The smallest absolute Gasteiger partial charge is 0.323 e. The van der Waals surface area contributed by atoms with Crippen LogP contribution in [-0.2, 0) is 4.79 Å². The number of anilines is 1. The summed E-state index contributed by atoms with van der Waals surface area (Å²) in [6.07, 6.45) is 0. The van der Waals surface area contributed by atoms with E-state index in [0.29, 0.717) is 0 Å². The average Bonchev–Trinajstić information content (AvgIpc) is 2.31. The number of hydrogen-bond acceptors (Lipinski definition) is 2. The number of rotatable bonds is 5. The van der Waals surface area contributed by atoms with Gasteiger partial charge in [0.1, 0.15) is 23.9 Å². The maximum Gasteiger partial charge on any atom is 0.323 e. The largest absolute Gasteiger partial charge is 0.480 e. The van der Waals surface area contributed by atoms with Crippen LogP contribution in [0.25, 0.3) is 0 Å². The Kier molecular flexibility index (Phi) is 5.42. The first kappa shape index (κ1) is 15.9. The van der Waals surface area contributed by atoms with Crippen LogP contribution in [0.15, 0.2) is 18.2 Å². The van der Waals surface area contributed by atoms with Crippen molar-refractivity contribution in [1.82, 2.24) is 4.90 Å². The van der Waals surface area contributed by atoms with E-state index in [9.17, 15) is 18.4 Å². The van der Waals surface area contributed by atoms with Crippen LogP contribution in [0.1, 0.15) is 13.8 Å². The highest BCUT2D eigenvalue weighted by atomic mass is 19.1. The Morgan fingerprint density at radius 1 is 1.30 bits per heavy atom. The van der Waals surface area contributed by atoms with E-state index in [1.807, 2.05) is 0 Å². The summed E-state index contributed by atoms with van der Waals surface area (Å²) in [4.78, 5) is 23.6. The maximum absolute atomic E-state index is 13.4. The Labute approximate surface area is 115 Å². The highest BCUT2D eigenvalue weighted by Gasteiger charge is 2.20. The molecule has 0 aliphatic carbocycles. The monoisotopic (exact) mass is 286 g/mol. The van der Waals surface area contributed by atoms with E-state index in [-0.39, 0.29) is 12.5 Å². The number of aliphatic carboxylic acids is 1. The molecule has 0 unspecified atom stereocenters. The quantitative estimate of drug-likeness (QED) is 0.874. The van der Waals surface area contributed by atoms with Crippen LogP contribution in [0.5, 0.6) is 0 Å². The first-order valence-electron chi connectivity index (χ1n) is 6.03. The fraction of sp³-hybridized carbons (Fsp3) is 0.385. The molecule has 1 aromatic carbocycles. The molecule has 0 saturated heterocycles.